The van der Waals surface area contributed by atoms with Gasteiger partial charge >= 0.3 is 0 Å². The van der Waals surface area contributed by atoms with Gasteiger partial charge in [-0.3, -0.25) is 0 Å². The van der Waals surface area contributed by atoms with Crippen LogP contribution in [0.25, 0.3) is 0 Å². The van der Waals surface area contributed by atoms with Crippen LogP contribution in [0.15, 0.2) is 18.2 Å². The van der Waals surface area contributed by atoms with Crippen molar-refractivity contribution in [3.05, 3.63) is 33.8 Å². The van der Waals surface area contributed by atoms with E-state index in [1.807, 2.05) is 12.1 Å². The third-order valence-corrected chi connectivity index (χ3v) is 5.66. The molecule has 0 unspecified atom stereocenters. The van der Waals surface area contributed by atoms with Gasteiger partial charge in [-0.2, -0.15) is 0 Å². The van der Waals surface area contributed by atoms with Crippen LogP contribution in [0.3, 0.4) is 0 Å². The summed E-state index contributed by atoms with van der Waals surface area (Å²) in [6, 6.07) is 5.93. The summed E-state index contributed by atoms with van der Waals surface area (Å²) in [6.45, 7) is 2.52. The first kappa shape index (κ1) is 14.6. The van der Waals surface area contributed by atoms with Crippen LogP contribution in [0.1, 0.15) is 12.0 Å². The lowest BCUT2D eigenvalue weighted by molar-refractivity contribution is 0.0162. The largest absolute Gasteiger partial charge is 0.384 e. The van der Waals surface area contributed by atoms with Crippen molar-refractivity contribution in [1.82, 2.24) is 5.32 Å². The molecule has 2 aliphatic rings. The van der Waals surface area contributed by atoms with Gasteiger partial charge in [0.25, 0.3) is 0 Å². The molecule has 0 radical (unpaired) electrons. The third kappa shape index (κ3) is 1.92. The minimum atomic E-state index is -0.0166. The van der Waals surface area contributed by atoms with E-state index in [1.165, 1.54) is 5.56 Å². The number of rotatable bonds is 4. The fourth-order valence-electron chi connectivity index (χ4n) is 3.94. The summed E-state index contributed by atoms with van der Waals surface area (Å²) in [5.74, 6) is 0. The Morgan fingerprint density at radius 2 is 2.10 bits per heavy atom. The average Bonchev–Trinajstić information content (AvgIpc) is 3.12. The zero-order chi connectivity index (χ0) is 14.4. The molecule has 1 N–H and O–H groups in total. The van der Waals surface area contributed by atoms with Crippen LogP contribution in [0.2, 0.25) is 10.0 Å². The van der Waals surface area contributed by atoms with Crippen LogP contribution in [-0.2, 0) is 14.9 Å². The molecule has 1 aliphatic carbocycles. The van der Waals surface area contributed by atoms with Crippen molar-refractivity contribution < 1.29 is 9.47 Å². The molecule has 1 saturated carbocycles. The highest BCUT2D eigenvalue weighted by Crippen LogP contribution is 2.68. The maximum absolute atomic E-state index is 6.21. The average molecular weight is 316 g/mol. The zero-order valence-corrected chi connectivity index (χ0v) is 13.2. The molecule has 5 heteroatoms. The Hall–Kier alpha value is -0.320. The smallest absolute Gasteiger partial charge is 0.0798 e. The minimum Gasteiger partial charge on any atom is -0.384 e. The maximum atomic E-state index is 6.21. The number of hydrogen-bond acceptors (Lipinski definition) is 3. The van der Waals surface area contributed by atoms with Crippen LogP contribution >= 0.6 is 23.2 Å². The monoisotopic (exact) mass is 315 g/mol. The number of piperidine rings is 1. The molecule has 0 spiro atoms. The molecule has 2 fully saturated rings. The molecular weight excluding hydrogens is 297 g/mol. The summed E-state index contributed by atoms with van der Waals surface area (Å²) in [5, 5.41) is 4.65. The minimum absolute atomic E-state index is 0.0166. The van der Waals surface area contributed by atoms with Crippen molar-refractivity contribution >= 4 is 23.2 Å². The fourth-order valence-corrected chi connectivity index (χ4v) is 4.24. The second-order valence-corrected chi connectivity index (χ2v) is 6.66. The zero-order valence-electron chi connectivity index (χ0n) is 11.7. The van der Waals surface area contributed by atoms with Gasteiger partial charge in [-0.15, -0.1) is 0 Å². The van der Waals surface area contributed by atoms with Crippen molar-refractivity contribution in [3.63, 3.8) is 0 Å². The Morgan fingerprint density at radius 1 is 1.30 bits per heavy atom. The lowest BCUT2D eigenvalue weighted by Gasteiger charge is -2.37. The summed E-state index contributed by atoms with van der Waals surface area (Å²) in [7, 11) is 3.52. The van der Waals surface area contributed by atoms with Crippen molar-refractivity contribution in [2.45, 2.75) is 17.9 Å². The van der Waals surface area contributed by atoms with E-state index < -0.39 is 0 Å². The standard InChI is InChI=1S/C15H19Cl2NO2/c1-19-9-14-7-15(14,13(20-2)6-18-8-14)10-3-4-11(16)12(17)5-10/h3-5,13,18H,6-9H2,1-2H3/t13-,14+,15+/m0/s1. The summed E-state index contributed by atoms with van der Waals surface area (Å²) < 4.78 is 11.2. The molecule has 3 rings (SSSR count). The predicted octanol–water partition coefficient (Wildman–Crippen LogP) is 2.89. The first-order valence-electron chi connectivity index (χ1n) is 6.78. The maximum Gasteiger partial charge on any atom is 0.0798 e. The summed E-state index contributed by atoms with van der Waals surface area (Å²) in [4.78, 5) is 0. The van der Waals surface area contributed by atoms with Gasteiger partial charge in [0.15, 0.2) is 0 Å². The van der Waals surface area contributed by atoms with Crippen LogP contribution in [0.4, 0.5) is 0 Å². The molecule has 0 amide bonds. The highest BCUT2D eigenvalue weighted by Gasteiger charge is 2.73. The predicted molar refractivity (Wildman–Crippen MR) is 80.7 cm³/mol. The molecule has 3 nitrogen and oxygen atoms in total. The van der Waals surface area contributed by atoms with E-state index in [9.17, 15) is 0 Å². The van der Waals surface area contributed by atoms with E-state index in [4.69, 9.17) is 32.7 Å². The fraction of sp³-hybridized carbons (Fsp3) is 0.600. The molecule has 0 bridgehead atoms. The molecule has 1 saturated heterocycles. The van der Waals surface area contributed by atoms with Gasteiger partial charge in [0.2, 0.25) is 0 Å². The molecule has 1 aliphatic heterocycles. The van der Waals surface area contributed by atoms with Gasteiger partial charge in [0.1, 0.15) is 0 Å². The van der Waals surface area contributed by atoms with Crippen LogP contribution < -0.4 is 5.32 Å². The lowest BCUT2D eigenvalue weighted by Crippen LogP contribution is -2.51. The molecule has 1 aromatic rings. The molecule has 20 heavy (non-hydrogen) atoms. The topological polar surface area (TPSA) is 30.5 Å². The lowest BCUT2D eigenvalue weighted by atomic mass is 9.79. The number of halogens is 2. The van der Waals surface area contributed by atoms with Crippen LogP contribution in [0, 0.1) is 5.41 Å². The highest BCUT2D eigenvalue weighted by atomic mass is 35.5. The Bertz CT molecular complexity index is 521. The second-order valence-electron chi connectivity index (χ2n) is 5.85. The number of fused-ring (bicyclic) bond motifs is 1. The van der Waals surface area contributed by atoms with Gasteiger partial charge in [0.05, 0.1) is 22.8 Å². The van der Waals surface area contributed by atoms with Gasteiger partial charge in [-0.25, -0.2) is 0 Å². The van der Waals surface area contributed by atoms with E-state index in [1.54, 1.807) is 14.2 Å². The molecular formula is C15H19Cl2NO2. The summed E-state index contributed by atoms with van der Waals surface area (Å²) in [5.41, 5.74) is 1.28. The Kier molecular flexibility index (Phi) is 3.76. The Labute approximate surface area is 129 Å². The third-order valence-electron chi connectivity index (χ3n) is 4.92. The number of ether oxygens (including phenoxy) is 2. The van der Waals surface area contributed by atoms with E-state index >= 15 is 0 Å². The molecule has 1 heterocycles. The second kappa shape index (κ2) is 5.15. The number of benzene rings is 1. The van der Waals surface area contributed by atoms with Gasteiger partial charge in [-0.05, 0) is 24.1 Å². The SMILES string of the molecule is COC[C@@]12CNC[C@H](OC)[C@]1(c1ccc(Cl)c(Cl)c1)C2. The van der Waals surface area contributed by atoms with E-state index in [2.05, 4.69) is 11.4 Å². The van der Waals surface area contributed by atoms with Gasteiger partial charge in [0, 0.05) is 38.1 Å². The van der Waals surface area contributed by atoms with Crippen molar-refractivity contribution in [3.8, 4) is 0 Å². The number of hydrogen-bond donors (Lipinski definition) is 1. The van der Waals surface area contributed by atoms with Crippen molar-refractivity contribution in [2.24, 2.45) is 5.41 Å². The summed E-state index contributed by atoms with van der Waals surface area (Å²) in [6.07, 6.45) is 1.18. The van der Waals surface area contributed by atoms with Crippen LogP contribution in [-0.4, -0.2) is 40.0 Å². The molecule has 3 atom stereocenters. The molecule has 1 aromatic carbocycles. The van der Waals surface area contributed by atoms with Crippen LogP contribution in [0.5, 0.6) is 0 Å². The number of methoxy groups -OCH3 is 2. The van der Waals surface area contributed by atoms with Crippen molar-refractivity contribution in [2.75, 3.05) is 33.9 Å². The number of nitrogens with one attached hydrogen (secondary N) is 1. The normalized spacial score (nSPS) is 35.7. The quantitative estimate of drug-likeness (QED) is 0.926. The molecule has 110 valence electrons. The highest BCUT2D eigenvalue weighted by molar-refractivity contribution is 6.42. The van der Waals surface area contributed by atoms with E-state index in [-0.39, 0.29) is 16.9 Å². The van der Waals surface area contributed by atoms with E-state index in [0.29, 0.717) is 10.0 Å². The Balaban J connectivity index is 2.04. The van der Waals surface area contributed by atoms with Gasteiger partial charge < -0.3 is 14.8 Å². The first-order chi connectivity index (χ1) is 9.59. The Morgan fingerprint density at radius 3 is 2.75 bits per heavy atom. The molecule has 0 aromatic heterocycles. The van der Waals surface area contributed by atoms with Gasteiger partial charge in [-0.1, -0.05) is 29.3 Å². The first-order valence-corrected chi connectivity index (χ1v) is 7.53. The van der Waals surface area contributed by atoms with E-state index in [0.717, 1.165) is 26.1 Å². The summed E-state index contributed by atoms with van der Waals surface area (Å²) >= 11 is 12.3. The van der Waals surface area contributed by atoms with Crippen molar-refractivity contribution in [1.29, 1.82) is 0 Å².